The molecule has 0 aromatic heterocycles. The first-order chi connectivity index (χ1) is 15.5. The maximum absolute atomic E-state index is 12.4. The molecule has 0 aliphatic carbocycles. The fourth-order valence-corrected chi connectivity index (χ4v) is 3.50. The van der Waals surface area contributed by atoms with Crippen LogP contribution in [0.3, 0.4) is 0 Å². The summed E-state index contributed by atoms with van der Waals surface area (Å²) in [7, 11) is 0. The molecule has 0 radical (unpaired) electrons. The lowest BCUT2D eigenvalue weighted by atomic mass is 10.1. The first-order valence-electron chi connectivity index (χ1n) is 10.3. The number of rotatable bonds is 8. The topological polar surface area (TPSA) is 102 Å². The molecule has 1 atom stereocenters. The molecule has 1 aliphatic rings. The average Bonchev–Trinajstić information content (AvgIpc) is 3.05. The van der Waals surface area contributed by atoms with Crippen LogP contribution in [0.15, 0.2) is 78.9 Å². The van der Waals surface area contributed by atoms with Gasteiger partial charge in [-0.15, -0.1) is 0 Å². The summed E-state index contributed by atoms with van der Waals surface area (Å²) in [4.78, 5) is 38.3. The number of amides is 3. The van der Waals surface area contributed by atoms with Gasteiger partial charge in [0.15, 0.2) is 0 Å². The summed E-state index contributed by atoms with van der Waals surface area (Å²) >= 11 is 0. The molecule has 7 nitrogen and oxygen atoms in total. The quantitative estimate of drug-likeness (QED) is 0.530. The van der Waals surface area contributed by atoms with E-state index in [1.807, 2.05) is 30.3 Å². The molecule has 0 saturated carbocycles. The lowest BCUT2D eigenvalue weighted by Crippen LogP contribution is -2.41. The molecule has 0 unspecified atom stereocenters. The summed E-state index contributed by atoms with van der Waals surface area (Å²) in [5, 5.41) is 2.82. The van der Waals surface area contributed by atoms with Crippen LogP contribution in [-0.4, -0.2) is 35.2 Å². The van der Waals surface area contributed by atoms with E-state index in [4.69, 9.17) is 10.5 Å². The molecule has 1 aliphatic heterocycles. The van der Waals surface area contributed by atoms with Crippen molar-refractivity contribution in [2.24, 2.45) is 5.73 Å². The van der Waals surface area contributed by atoms with Crippen LogP contribution in [0.5, 0.6) is 11.5 Å². The number of nitrogens with one attached hydrogen (secondary N) is 1. The highest BCUT2D eigenvalue weighted by molar-refractivity contribution is 6.21. The Morgan fingerprint density at radius 1 is 0.844 bits per heavy atom. The Hall–Kier alpha value is -3.97. The molecule has 0 saturated heterocycles. The Balaban J connectivity index is 1.24. The van der Waals surface area contributed by atoms with Crippen LogP contribution in [0.2, 0.25) is 0 Å². The van der Waals surface area contributed by atoms with E-state index in [2.05, 4.69) is 5.32 Å². The number of hydrogen-bond acceptors (Lipinski definition) is 5. The lowest BCUT2D eigenvalue weighted by molar-refractivity contribution is -0.116. The van der Waals surface area contributed by atoms with Crippen molar-refractivity contribution in [3.8, 4) is 11.5 Å². The van der Waals surface area contributed by atoms with Crippen molar-refractivity contribution in [3.63, 3.8) is 0 Å². The zero-order valence-electron chi connectivity index (χ0n) is 17.4. The van der Waals surface area contributed by atoms with E-state index in [0.717, 1.165) is 10.6 Å². The van der Waals surface area contributed by atoms with Crippen molar-refractivity contribution in [3.05, 3.63) is 90.0 Å². The van der Waals surface area contributed by atoms with E-state index < -0.39 is 6.04 Å². The van der Waals surface area contributed by atoms with Crippen molar-refractivity contribution in [2.75, 3.05) is 11.9 Å². The fraction of sp³-hybridized carbons (Fsp3) is 0.160. The molecular formula is C25H23N3O4. The highest BCUT2D eigenvalue weighted by atomic mass is 16.5. The SMILES string of the molecule is N[C@@H](CCC(=O)Nc1ccc(Oc2ccccc2)cc1)CN1C(=O)c2ccccc2C1=O. The largest absolute Gasteiger partial charge is 0.457 e. The molecule has 7 heteroatoms. The average molecular weight is 429 g/mol. The molecule has 3 aromatic carbocycles. The van der Waals surface area contributed by atoms with Crippen LogP contribution in [-0.2, 0) is 4.79 Å². The number of fused-ring (bicyclic) bond motifs is 1. The molecule has 3 N–H and O–H groups in total. The molecule has 32 heavy (non-hydrogen) atoms. The summed E-state index contributed by atoms with van der Waals surface area (Å²) in [6.07, 6.45) is 0.515. The van der Waals surface area contributed by atoms with Gasteiger partial charge in [0.25, 0.3) is 11.8 Å². The number of nitrogens with zero attached hydrogens (tertiary/aromatic N) is 1. The van der Waals surface area contributed by atoms with Crippen molar-refractivity contribution < 1.29 is 19.1 Å². The Bertz CT molecular complexity index is 1090. The van der Waals surface area contributed by atoms with Gasteiger partial charge in [0.2, 0.25) is 5.91 Å². The third-order valence-corrected chi connectivity index (χ3v) is 5.15. The molecule has 0 fully saturated rings. The van der Waals surface area contributed by atoms with Crippen molar-refractivity contribution in [2.45, 2.75) is 18.9 Å². The van der Waals surface area contributed by atoms with Crippen LogP contribution < -0.4 is 15.8 Å². The number of anilines is 1. The molecule has 1 heterocycles. The Morgan fingerprint density at radius 2 is 1.41 bits per heavy atom. The van der Waals surface area contributed by atoms with Gasteiger partial charge in [-0.1, -0.05) is 30.3 Å². The summed E-state index contributed by atoms with van der Waals surface area (Å²) in [5.74, 6) is 0.514. The summed E-state index contributed by atoms with van der Waals surface area (Å²) in [6.45, 7) is 0.0746. The summed E-state index contributed by atoms with van der Waals surface area (Å²) in [5.41, 5.74) is 7.53. The van der Waals surface area contributed by atoms with Gasteiger partial charge in [0.05, 0.1) is 11.1 Å². The highest BCUT2D eigenvalue weighted by Gasteiger charge is 2.35. The highest BCUT2D eigenvalue weighted by Crippen LogP contribution is 2.24. The third-order valence-electron chi connectivity index (χ3n) is 5.15. The number of para-hydroxylation sites is 1. The minimum atomic E-state index is -0.496. The monoisotopic (exact) mass is 429 g/mol. The molecule has 0 spiro atoms. The number of hydrogen-bond donors (Lipinski definition) is 2. The molecule has 3 aromatic rings. The summed E-state index contributed by atoms with van der Waals surface area (Å²) in [6, 6.07) is 22.7. The second-order valence-electron chi connectivity index (χ2n) is 7.55. The fourth-order valence-electron chi connectivity index (χ4n) is 3.50. The maximum atomic E-state index is 12.4. The zero-order chi connectivity index (χ0) is 22.5. The second-order valence-corrected chi connectivity index (χ2v) is 7.55. The number of benzene rings is 3. The van der Waals surface area contributed by atoms with E-state index in [-0.39, 0.29) is 30.7 Å². The Kier molecular flexibility index (Phi) is 6.28. The van der Waals surface area contributed by atoms with E-state index in [0.29, 0.717) is 29.0 Å². The van der Waals surface area contributed by atoms with Crippen LogP contribution in [0.25, 0.3) is 0 Å². The van der Waals surface area contributed by atoms with Gasteiger partial charge in [-0.3, -0.25) is 19.3 Å². The van der Waals surface area contributed by atoms with E-state index in [9.17, 15) is 14.4 Å². The van der Waals surface area contributed by atoms with Gasteiger partial charge in [-0.05, 0) is 55.0 Å². The van der Waals surface area contributed by atoms with Crippen molar-refractivity contribution in [1.29, 1.82) is 0 Å². The van der Waals surface area contributed by atoms with Gasteiger partial charge >= 0.3 is 0 Å². The van der Waals surface area contributed by atoms with Gasteiger partial charge in [0.1, 0.15) is 11.5 Å². The number of ether oxygens (including phenoxy) is 1. The normalized spacial score (nSPS) is 13.6. The maximum Gasteiger partial charge on any atom is 0.261 e. The van der Waals surface area contributed by atoms with E-state index in [1.54, 1.807) is 48.5 Å². The molecule has 4 rings (SSSR count). The van der Waals surface area contributed by atoms with Crippen LogP contribution in [0.1, 0.15) is 33.6 Å². The number of imide groups is 1. The lowest BCUT2D eigenvalue weighted by Gasteiger charge is -2.19. The van der Waals surface area contributed by atoms with Crippen molar-refractivity contribution in [1.82, 2.24) is 4.90 Å². The number of carbonyl (C=O) groups excluding carboxylic acids is 3. The van der Waals surface area contributed by atoms with E-state index >= 15 is 0 Å². The molecule has 0 bridgehead atoms. The predicted molar refractivity (Wildman–Crippen MR) is 121 cm³/mol. The Labute approximate surface area is 185 Å². The first-order valence-corrected chi connectivity index (χ1v) is 10.3. The van der Waals surface area contributed by atoms with Crippen LogP contribution in [0, 0.1) is 0 Å². The molecule has 162 valence electrons. The smallest absolute Gasteiger partial charge is 0.261 e. The minimum Gasteiger partial charge on any atom is -0.457 e. The summed E-state index contributed by atoms with van der Waals surface area (Å²) < 4.78 is 5.73. The standard InChI is InChI=1S/C25H23N3O4/c26-17(16-28-24(30)21-8-4-5-9-22(21)25(28)31)10-15-23(29)27-18-11-13-20(14-12-18)32-19-6-2-1-3-7-19/h1-9,11-14,17H,10,15-16,26H2,(H,27,29)/t17-/m0/s1. The molecule has 3 amide bonds. The minimum absolute atomic E-state index is 0.0746. The van der Waals surface area contributed by atoms with E-state index in [1.165, 1.54) is 0 Å². The van der Waals surface area contributed by atoms with Crippen molar-refractivity contribution >= 4 is 23.4 Å². The second kappa shape index (κ2) is 9.45. The van der Waals surface area contributed by atoms with Gasteiger partial charge in [0, 0.05) is 24.7 Å². The van der Waals surface area contributed by atoms with Gasteiger partial charge in [-0.2, -0.15) is 0 Å². The Morgan fingerprint density at radius 3 is 2.03 bits per heavy atom. The predicted octanol–water partition coefficient (Wildman–Crippen LogP) is 3.82. The van der Waals surface area contributed by atoms with Crippen LogP contribution in [0.4, 0.5) is 5.69 Å². The van der Waals surface area contributed by atoms with Gasteiger partial charge < -0.3 is 15.8 Å². The number of nitrogens with two attached hydrogens (primary N) is 1. The van der Waals surface area contributed by atoms with Gasteiger partial charge in [-0.25, -0.2) is 0 Å². The molecular weight excluding hydrogens is 406 g/mol. The zero-order valence-corrected chi connectivity index (χ0v) is 17.4. The number of carbonyl (C=O) groups is 3. The first kappa shape index (κ1) is 21.3. The van der Waals surface area contributed by atoms with Crippen LogP contribution >= 0.6 is 0 Å². The third kappa shape index (κ3) is 4.84.